The van der Waals surface area contributed by atoms with Gasteiger partial charge in [0.05, 0.1) is 11.4 Å². The molecule has 8 heteroatoms. The van der Waals surface area contributed by atoms with Gasteiger partial charge in [0.25, 0.3) is 0 Å². The highest BCUT2D eigenvalue weighted by Crippen LogP contribution is 2.28. The van der Waals surface area contributed by atoms with Crippen LogP contribution in [0.1, 0.15) is 11.1 Å². The van der Waals surface area contributed by atoms with Crippen LogP contribution in [0.4, 0.5) is 20.6 Å². The zero-order valence-electron chi connectivity index (χ0n) is 17.8. The van der Waals surface area contributed by atoms with Crippen LogP contribution in [0.5, 0.6) is 0 Å². The molecule has 3 aromatic rings. The first-order chi connectivity index (χ1) is 16.0. The van der Waals surface area contributed by atoms with E-state index in [1.807, 2.05) is 30.3 Å². The molecule has 4 rings (SSSR count). The van der Waals surface area contributed by atoms with Gasteiger partial charge in [0.2, 0.25) is 11.8 Å². The van der Waals surface area contributed by atoms with Crippen molar-refractivity contribution in [2.24, 2.45) is 0 Å². The number of para-hydroxylation sites is 2. The zero-order valence-corrected chi connectivity index (χ0v) is 17.8. The fourth-order valence-electron chi connectivity index (χ4n) is 3.62. The number of rotatable bonds is 6. The van der Waals surface area contributed by atoms with Gasteiger partial charge in [-0.15, -0.1) is 0 Å². The van der Waals surface area contributed by atoms with Crippen molar-refractivity contribution >= 4 is 29.2 Å². The maximum Gasteiger partial charge on any atom is 0.323 e. The average Bonchev–Trinajstić information content (AvgIpc) is 2.83. The van der Waals surface area contributed by atoms with Crippen LogP contribution in [-0.4, -0.2) is 30.4 Å². The van der Waals surface area contributed by atoms with Gasteiger partial charge in [-0.3, -0.25) is 14.5 Å². The summed E-state index contributed by atoms with van der Waals surface area (Å²) in [6, 6.07) is 20.7. The molecule has 1 aliphatic rings. The number of amides is 4. The summed E-state index contributed by atoms with van der Waals surface area (Å²) in [6.45, 7) is 0.0350. The van der Waals surface area contributed by atoms with E-state index >= 15 is 0 Å². The normalized spacial score (nSPS) is 13.5. The van der Waals surface area contributed by atoms with Crippen molar-refractivity contribution in [3.05, 3.63) is 95.8 Å². The summed E-state index contributed by atoms with van der Waals surface area (Å²) < 4.78 is 13.1. The molecule has 0 saturated heterocycles. The minimum atomic E-state index is -0.877. The Kier molecular flexibility index (Phi) is 6.64. The quantitative estimate of drug-likeness (QED) is 0.543. The minimum absolute atomic E-state index is 0.155. The van der Waals surface area contributed by atoms with Gasteiger partial charge in [-0.2, -0.15) is 0 Å². The highest BCUT2D eigenvalue weighted by atomic mass is 19.1. The van der Waals surface area contributed by atoms with E-state index in [9.17, 15) is 18.8 Å². The number of anilines is 2. The van der Waals surface area contributed by atoms with Gasteiger partial charge in [-0.05, 0) is 35.4 Å². The van der Waals surface area contributed by atoms with E-state index in [2.05, 4.69) is 16.0 Å². The van der Waals surface area contributed by atoms with Crippen LogP contribution in [-0.2, 0) is 22.6 Å². The van der Waals surface area contributed by atoms with Crippen molar-refractivity contribution < 1.29 is 18.8 Å². The number of hydrogen-bond donors (Lipinski definition) is 3. The van der Waals surface area contributed by atoms with Gasteiger partial charge in [0, 0.05) is 13.0 Å². The summed E-state index contributed by atoms with van der Waals surface area (Å²) in [7, 11) is 0. The van der Waals surface area contributed by atoms with Crippen molar-refractivity contribution in [2.75, 3.05) is 16.8 Å². The molecule has 4 amide bonds. The molecule has 1 aliphatic heterocycles. The number of halogens is 1. The second kappa shape index (κ2) is 9.95. The van der Waals surface area contributed by atoms with Gasteiger partial charge in [0.15, 0.2) is 0 Å². The van der Waals surface area contributed by atoms with Crippen molar-refractivity contribution in [3.63, 3.8) is 0 Å². The van der Waals surface area contributed by atoms with E-state index in [0.29, 0.717) is 11.4 Å². The lowest BCUT2D eigenvalue weighted by Gasteiger charge is -2.30. The molecule has 1 unspecified atom stereocenters. The van der Waals surface area contributed by atoms with Crippen molar-refractivity contribution in [1.82, 2.24) is 10.6 Å². The second-order valence-corrected chi connectivity index (χ2v) is 7.69. The summed E-state index contributed by atoms with van der Waals surface area (Å²) in [4.78, 5) is 39.6. The highest BCUT2D eigenvalue weighted by molar-refractivity contribution is 6.10. The van der Waals surface area contributed by atoms with Gasteiger partial charge >= 0.3 is 6.03 Å². The Labute approximate surface area is 190 Å². The van der Waals surface area contributed by atoms with Gasteiger partial charge in [-0.25, -0.2) is 9.18 Å². The van der Waals surface area contributed by atoms with Crippen molar-refractivity contribution in [2.45, 2.75) is 19.0 Å². The van der Waals surface area contributed by atoms with E-state index in [1.165, 1.54) is 17.0 Å². The third kappa shape index (κ3) is 5.54. The first kappa shape index (κ1) is 22.0. The third-order valence-corrected chi connectivity index (χ3v) is 5.29. The minimum Gasteiger partial charge on any atom is -0.350 e. The molecule has 3 N–H and O–H groups in total. The van der Waals surface area contributed by atoms with Crippen molar-refractivity contribution in [1.29, 1.82) is 0 Å². The predicted octanol–water partition coefficient (Wildman–Crippen LogP) is 3.22. The Hall–Kier alpha value is -4.20. The van der Waals surface area contributed by atoms with Crippen molar-refractivity contribution in [3.8, 4) is 0 Å². The molecular weight excluding hydrogens is 423 g/mol. The topological polar surface area (TPSA) is 90.5 Å². The summed E-state index contributed by atoms with van der Waals surface area (Å²) >= 11 is 0. The summed E-state index contributed by atoms with van der Waals surface area (Å²) in [5, 5.41) is 8.31. The molecule has 33 heavy (non-hydrogen) atoms. The summed E-state index contributed by atoms with van der Waals surface area (Å²) in [6.07, 6.45) is 0.267. The number of nitrogens with zero attached hydrogens (tertiary/aromatic N) is 1. The Morgan fingerprint density at radius 2 is 1.64 bits per heavy atom. The summed E-state index contributed by atoms with van der Waals surface area (Å²) in [5.74, 6) is -1.05. The standard InChI is InChI=1S/C25H23FN4O3/c26-19-12-10-18(11-13-19)15-27-24(32)21(14-17-6-2-1-3-7-17)29-25(33)30-16-23(31)28-20-8-4-5-9-22(20)30/h1-13,21H,14-16H2,(H,27,32)(H,28,31)(H,29,33). The molecule has 7 nitrogen and oxygen atoms in total. The van der Waals surface area contributed by atoms with Gasteiger partial charge < -0.3 is 16.0 Å². The second-order valence-electron chi connectivity index (χ2n) is 7.69. The smallest absolute Gasteiger partial charge is 0.323 e. The summed E-state index contributed by atoms with van der Waals surface area (Å²) in [5.41, 5.74) is 2.69. The fraction of sp³-hybridized carbons (Fsp3) is 0.160. The number of fused-ring (bicyclic) bond motifs is 1. The van der Waals surface area contributed by atoms with Crippen LogP contribution >= 0.6 is 0 Å². The Balaban J connectivity index is 1.50. The lowest BCUT2D eigenvalue weighted by molar-refractivity contribution is -0.123. The molecule has 1 heterocycles. The van der Waals surface area contributed by atoms with E-state index in [1.54, 1.807) is 36.4 Å². The predicted molar refractivity (Wildman–Crippen MR) is 123 cm³/mol. The molecule has 0 bridgehead atoms. The van der Waals surface area contributed by atoms with Crippen LogP contribution in [0.25, 0.3) is 0 Å². The van der Waals surface area contributed by atoms with Crippen LogP contribution in [0.15, 0.2) is 78.9 Å². The van der Waals surface area contributed by atoms with Gasteiger partial charge in [0.1, 0.15) is 18.4 Å². The molecule has 0 saturated carbocycles. The molecule has 3 aromatic carbocycles. The Bertz CT molecular complexity index is 1150. The molecular formula is C25H23FN4O3. The van der Waals surface area contributed by atoms with E-state index in [-0.39, 0.29) is 37.1 Å². The fourth-order valence-corrected chi connectivity index (χ4v) is 3.62. The van der Waals surface area contributed by atoms with Gasteiger partial charge in [-0.1, -0.05) is 54.6 Å². The van der Waals surface area contributed by atoms with Crippen LogP contribution < -0.4 is 20.9 Å². The number of nitrogens with one attached hydrogen (secondary N) is 3. The number of carbonyl (C=O) groups excluding carboxylic acids is 3. The Morgan fingerprint density at radius 1 is 0.939 bits per heavy atom. The van der Waals surface area contributed by atoms with Crippen LogP contribution in [0, 0.1) is 5.82 Å². The lowest BCUT2D eigenvalue weighted by Crippen LogP contribution is -2.54. The van der Waals surface area contributed by atoms with Crippen LogP contribution in [0.2, 0.25) is 0 Å². The molecule has 0 spiro atoms. The monoisotopic (exact) mass is 446 g/mol. The molecule has 0 aliphatic carbocycles. The average molecular weight is 446 g/mol. The number of hydrogen-bond acceptors (Lipinski definition) is 3. The highest BCUT2D eigenvalue weighted by Gasteiger charge is 2.30. The SMILES string of the molecule is O=C1CN(C(=O)NC(Cc2ccccc2)C(=O)NCc2ccc(F)cc2)c2ccccc2N1. The largest absolute Gasteiger partial charge is 0.350 e. The number of urea groups is 1. The molecule has 0 fully saturated rings. The molecule has 0 aromatic heterocycles. The molecule has 168 valence electrons. The number of carbonyl (C=O) groups is 3. The maximum absolute atomic E-state index is 13.1. The van der Waals surface area contributed by atoms with E-state index in [0.717, 1.165) is 11.1 Å². The lowest BCUT2D eigenvalue weighted by atomic mass is 10.1. The van der Waals surface area contributed by atoms with E-state index in [4.69, 9.17) is 0 Å². The third-order valence-electron chi connectivity index (χ3n) is 5.29. The maximum atomic E-state index is 13.1. The molecule has 1 atom stereocenters. The zero-order chi connectivity index (χ0) is 23.2. The first-order valence-electron chi connectivity index (χ1n) is 10.5. The Morgan fingerprint density at radius 3 is 2.39 bits per heavy atom. The first-order valence-corrected chi connectivity index (χ1v) is 10.5. The van der Waals surface area contributed by atoms with E-state index < -0.39 is 12.1 Å². The van der Waals surface area contributed by atoms with Crippen LogP contribution in [0.3, 0.4) is 0 Å². The molecule has 0 radical (unpaired) electrons. The number of benzene rings is 3.